The fourth-order valence-corrected chi connectivity index (χ4v) is 3.87. The maximum absolute atomic E-state index is 13.0. The first kappa shape index (κ1) is 27.6. The fraction of sp³-hybridized carbons (Fsp3) is 0.174. The Hall–Kier alpha value is -3.97. The lowest BCUT2D eigenvalue weighted by Gasteiger charge is -2.11. The van der Waals surface area contributed by atoms with Gasteiger partial charge in [0.15, 0.2) is 0 Å². The van der Waals surface area contributed by atoms with Crippen LogP contribution >= 0.6 is 22.9 Å². The van der Waals surface area contributed by atoms with Crippen LogP contribution in [0.1, 0.15) is 56.3 Å². The molecule has 0 saturated heterocycles. The van der Waals surface area contributed by atoms with Crippen molar-refractivity contribution in [2.24, 2.45) is 4.99 Å². The molecule has 192 valence electrons. The molecule has 3 aromatic heterocycles. The minimum Gasteiger partial charge on any atom is -0.342 e. The van der Waals surface area contributed by atoms with Crippen LogP contribution in [0.2, 0.25) is 5.02 Å². The number of anilines is 1. The third kappa shape index (κ3) is 7.05. The number of carbonyl (C=O) groups excluding carboxylic acids is 2. The molecule has 0 bridgehead atoms. The van der Waals surface area contributed by atoms with Gasteiger partial charge >= 0.3 is 6.18 Å². The van der Waals surface area contributed by atoms with Crippen molar-refractivity contribution >= 4 is 52.4 Å². The van der Waals surface area contributed by atoms with E-state index in [9.17, 15) is 22.8 Å². The van der Waals surface area contributed by atoms with Gasteiger partial charge in [-0.15, -0.1) is 11.3 Å². The van der Waals surface area contributed by atoms with Crippen LogP contribution in [0.25, 0.3) is 5.57 Å². The molecule has 0 spiro atoms. The normalized spacial score (nSPS) is 12.9. The lowest BCUT2D eigenvalue weighted by Crippen LogP contribution is -2.27. The van der Waals surface area contributed by atoms with Crippen molar-refractivity contribution < 1.29 is 22.8 Å². The summed E-state index contributed by atoms with van der Waals surface area (Å²) in [4.78, 5) is 45.4. The molecular weight excluding hydrogens is 531 g/mol. The molecule has 0 aliphatic heterocycles. The van der Waals surface area contributed by atoms with Gasteiger partial charge in [0.05, 0.1) is 28.5 Å². The molecule has 2 amide bonds. The molecule has 0 fully saturated rings. The van der Waals surface area contributed by atoms with E-state index < -0.39 is 34.6 Å². The predicted molar refractivity (Wildman–Crippen MR) is 135 cm³/mol. The van der Waals surface area contributed by atoms with E-state index in [0.29, 0.717) is 22.3 Å². The molecular formula is C23H19ClF3N7O2S. The van der Waals surface area contributed by atoms with Gasteiger partial charge in [-0.1, -0.05) is 24.3 Å². The number of allylic oxidation sites excluding steroid dienone is 2. The second-order valence-electron chi connectivity index (χ2n) is 7.24. The Morgan fingerprint density at radius 1 is 1.14 bits per heavy atom. The van der Waals surface area contributed by atoms with Gasteiger partial charge in [-0.2, -0.15) is 13.2 Å². The van der Waals surface area contributed by atoms with Gasteiger partial charge in [-0.3, -0.25) is 14.6 Å². The van der Waals surface area contributed by atoms with Gasteiger partial charge < -0.3 is 10.6 Å². The summed E-state index contributed by atoms with van der Waals surface area (Å²) in [5.74, 6) is -1.55. The topological polar surface area (TPSA) is 122 Å². The highest BCUT2D eigenvalue weighted by molar-refractivity contribution is 7.13. The highest BCUT2D eigenvalue weighted by Crippen LogP contribution is 2.35. The lowest BCUT2D eigenvalue weighted by atomic mass is 10.1. The Morgan fingerprint density at radius 2 is 1.86 bits per heavy atom. The summed E-state index contributed by atoms with van der Waals surface area (Å²) in [5, 5.41) is 4.82. The van der Waals surface area contributed by atoms with Crippen LogP contribution in [0.5, 0.6) is 0 Å². The zero-order valence-corrected chi connectivity index (χ0v) is 20.9. The first-order valence-corrected chi connectivity index (χ1v) is 11.7. The Bertz CT molecular complexity index is 1390. The van der Waals surface area contributed by atoms with Gasteiger partial charge in [0, 0.05) is 24.2 Å². The molecule has 0 saturated carbocycles. The van der Waals surface area contributed by atoms with Crippen molar-refractivity contribution in [2.75, 3.05) is 5.32 Å². The highest BCUT2D eigenvalue weighted by atomic mass is 35.5. The number of hydrogen-bond acceptors (Lipinski definition) is 8. The van der Waals surface area contributed by atoms with Crippen molar-refractivity contribution in [1.29, 1.82) is 0 Å². The van der Waals surface area contributed by atoms with Crippen LogP contribution in [0.4, 0.5) is 19.0 Å². The minimum atomic E-state index is -4.71. The van der Waals surface area contributed by atoms with Gasteiger partial charge in [0.2, 0.25) is 0 Å². The third-order valence-corrected chi connectivity index (χ3v) is 6.13. The van der Waals surface area contributed by atoms with Crippen LogP contribution in [-0.4, -0.2) is 38.0 Å². The number of nitrogens with zero attached hydrogens (tertiary/aromatic N) is 5. The molecule has 1 unspecified atom stereocenters. The number of nitrogens with one attached hydrogen (secondary N) is 2. The number of thiazole rings is 1. The van der Waals surface area contributed by atoms with E-state index in [1.165, 1.54) is 18.6 Å². The monoisotopic (exact) mass is 549 g/mol. The zero-order chi connectivity index (χ0) is 27.2. The lowest BCUT2D eigenvalue weighted by molar-refractivity contribution is -0.137. The average molecular weight is 550 g/mol. The number of alkyl halides is 3. The Labute approximate surface area is 218 Å². The van der Waals surface area contributed by atoms with Gasteiger partial charge in [-0.25, -0.2) is 19.9 Å². The van der Waals surface area contributed by atoms with E-state index in [2.05, 4.69) is 42.1 Å². The highest BCUT2D eigenvalue weighted by Gasteiger charge is 2.34. The molecule has 3 rings (SSSR count). The van der Waals surface area contributed by atoms with Crippen molar-refractivity contribution in [3.8, 4) is 0 Å². The van der Waals surface area contributed by atoms with E-state index in [-0.39, 0.29) is 16.4 Å². The first-order chi connectivity index (χ1) is 17.5. The van der Waals surface area contributed by atoms with E-state index >= 15 is 0 Å². The zero-order valence-electron chi connectivity index (χ0n) is 19.4. The minimum absolute atomic E-state index is 0.0916. The number of carbonyl (C=O) groups is 2. The van der Waals surface area contributed by atoms with Gasteiger partial charge in [0.1, 0.15) is 27.7 Å². The molecule has 0 radical (unpaired) electrons. The molecule has 9 nitrogen and oxygen atoms in total. The predicted octanol–water partition coefficient (Wildman–Crippen LogP) is 5.36. The number of hydrogen-bond donors (Lipinski definition) is 2. The summed E-state index contributed by atoms with van der Waals surface area (Å²) < 4.78 is 39.1. The molecule has 3 aromatic rings. The van der Waals surface area contributed by atoms with Crippen molar-refractivity contribution in [2.45, 2.75) is 26.1 Å². The molecule has 37 heavy (non-hydrogen) atoms. The number of pyridine rings is 1. The summed E-state index contributed by atoms with van der Waals surface area (Å²) >= 11 is 6.51. The summed E-state index contributed by atoms with van der Waals surface area (Å²) in [6.45, 7) is 7.12. The maximum atomic E-state index is 13.0. The Balaban J connectivity index is 1.70. The molecule has 3 heterocycles. The summed E-state index contributed by atoms with van der Waals surface area (Å²) in [6, 6.07) is 1.51. The number of aliphatic imine (C=N–C) groups is 1. The maximum Gasteiger partial charge on any atom is 0.418 e. The van der Waals surface area contributed by atoms with Gasteiger partial charge in [-0.05, 0) is 26.0 Å². The van der Waals surface area contributed by atoms with Crippen molar-refractivity contribution in [1.82, 2.24) is 25.3 Å². The second-order valence-corrected chi connectivity index (χ2v) is 8.71. The standard InChI is InChI=1S/C23H19ClF3N7O2S/c1-4-13(8-28-5-2)16-7-17(32-11-31-16)20(35)33-12(3)22-30-10-18(37-22)21(36)34-19-6-14(23(25,26)27)15(24)9-29-19/h4-12H,1H2,2-3H3,(H,33,35)(H,29,34,36)/b13-8+,28-5?. The Morgan fingerprint density at radius 3 is 2.54 bits per heavy atom. The molecule has 2 N–H and O–H groups in total. The van der Waals surface area contributed by atoms with Crippen LogP contribution in [-0.2, 0) is 6.18 Å². The molecule has 0 aliphatic carbocycles. The van der Waals surface area contributed by atoms with Crippen LogP contribution < -0.4 is 10.6 Å². The fourth-order valence-electron chi connectivity index (χ4n) is 2.84. The molecule has 0 aliphatic rings. The summed E-state index contributed by atoms with van der Waals surface area (Å²) in [6.07, 6.45) is 3.27. The molecule has 1 atom stereocenters. The number of halogens is 4. The molecule has 14 heteroatoms. The van der Waals surface area contributed by atoms with Gasteiger partial charge in [0.25, 0.3) is 11.8 Å². The summed E-state index contributed by atoms with van der Waals surface area (Å²) in [7, 11) is 0. The third-order valence-electron chi connectivity index (χ3n) is 4.65. The van der Waals surface area contributed by atoms with Crippen LogP contribution in [0, 0.1) is 0 Å². The van der Waals surface area contributed by atoms with E-state index in [1.54, 1.807) is 32.3 Å². The van der Waals surface area contributed by atoms with Crippen molar-refractivity contribution in [3.63, 3.8) is 0 Å². The van der Waals surface area contributed by atoms with Crippen molar-refractivity contribution in [3.05, 3.63) is 81.6 Å². The number of rotatable bonds is 8. The van der Waals surface area contributed by atoms with Crippen LogP contribution in [0.3, 0.4) is 0 Å². The number of amides is 2. The summed E-state index contributed by atoms with van der Waals surface area (Å²) in [5.41, 5.74) is 0.0122. The first-order valence-electron chi connectivity index (χ1n) is 10.5. The van der Waals surface area contributed by atoms with Crippen LogP contribution in [0.15, 0.2) is 54.7 Å². The molecule has 0 aromatic carbocycles. The van der Waals surface area contributed by atoms with E-state index in [0.717, 1.165) is 17.5 Å². The number of aromatic nitrogens is 4. The second kappa shape index (κ2) is 11.8. The Kier molecular flexibility index (Phi) is 8.84. The van der Waals surface area contributed by atoms with E-state index in [4.69, 9.17) is 11.6 Å². The SMILES string of the molecule is C=C/C(=C\N=CC)c1cc(C(=O)NC(C)c2ncc(C(=O)Nc3cc(C(F)(F)F)c(Cl)cn3)s2)ncn1. The smallest absolute Gasteiger partial charge is 0.342 e. The largest absolute Gasteiger partial charge is 0.418 e. The average Bonchev–Trinajstić information content (AvgIpc) is 3.36. The van der Waals surface area contributed by atoms with E-state index in [1.807, 2.05) is 0 Å². The quantitative estimate of drug-likeness (QED) is 0.288.